The molecule has 0 fully saturated rings. The zero-order valence-electron chi connectivity index (χ0n) is 18.4. The van der Waals surface area contributed by atoms with Gasteiger partial charge < -0.3 is 18.8 Å². The number of quaternary nitrogens is 1. The Morgan fingerprint density at radius 1 is 1.03 bits per heavy atom. The first kappa shape index (κ1) is 20.5. The van der Waals surface area contributed by atoms with Crippen molar-refractivity contribution in [1.29, 1.82) is 0 Å². The van der Waals surface area contributed by atoms with Gasteiger partial charge in [0.25, 0.3) is 0 Å². The van der Waals surface area contributed by atoms with E-state index in [-0.39, 0.29) is 5.63 Å². The summed E-state index contributed by atoms with van der Waals surface area (Å²) in [5, 5.41) is 1.05. The molecule has 0 saturated heterocycles. The molecule has 1 N–H and O–H groups in total. The molecule has 3 aromatic rings. The van der Waals surface area contributed by atoms with Gasteiger partial charge in [0.15, 0.2) is 11.5 Å². The number of aryl methyl sites for hydroxylation is 1. The maximum atomic E-state index is 12.2. The van der Waals surface area contributed by atoms with Crippen molar-refractivity contribution in [2.75, 3.05) is 20.8 Å². The van der Waals surface area contributed by atoms with E-state index in [1.165, 1.54) is 21.6 Å². The lowest BCUT2D eigenvalue weighted by Gasteiger charge is -2.27. The minimum absolute atomic E-state index is 0.280. The summed E-state index contributed by atoms with van der Waals surface area (Å²) in [4.78, 5) is 13.6. The predicted molar refractivity (Wildman–Crippen MR) is 118 cm³/mol. The molecule has 0 saturated carbocycles. The van der Waals surface area contributed by atoms with Gasteiger partial charge in [-0.3, -0.25) is 0 Å². The van der Waals surface area contributed by atoms with Crippen LogP contribution >= 0.6 is 0 Å². The van der Waals surface area contributed by atoms with Crippen molar-refractivity contribution in [3.05, 3.63) is 68.6 Å². The van der Waals surface area contributed by atoms with Gasteiger partial charge in [-0.2, -0.15) is 0 Å². The number of fused-ring (bicyclic) bond motifs is 2. The molecule has 5 heteroatoms. The molecule has 0 aliphatic carbocycles. The molecule has 2 aromatic carbocycles. The predicted octanol–water partition coefficient (Wildman–Crippen LogP) is 3.38. The second kappa shape index (κ2) is 8.15. The quantitative estimate of drug-likeness (QED) is 0.658. The minimum Gasteiger partial charge on any atom is -0.493 e. The van der Waals surface area contributed by atoms with Crippen molar-refractivity contribution in [2.45, 2.75) is 46.2 Å². The van der Waals surface area contributed by atoms with Crippen LogP contribution < -0.4 is 20.0 Å². The van der Waals surface area contributed by atoms with Crippen LogP contribution in [0.15, 0.2) is 39.5 Å². The number of nitrogens with one attached hydrogen (secondary N) is 1. The molecular formula is C25H30NO4+. The topological polar surface area (TPSA) is 53.1 Å². The maximum Gasteiger partial charge on any atom is 0.336 e. The van der Waals surface area contributed by atoms with Gasteiger partial charge in [-0.25, -0.2) is 4.79 Å². The lowest BCUT2D eigenvalue weighted by Crippen LogP contribution is -3.10. The van der Waals surface area contributed by atoms with Gasteiger partial charge >= 0.3 is 5.63 Å². The molecule has 1 aliphatic rings. The minimum atomic E-state index is -0.280. The molecule has 4 rings (SSSR count). The van der Waals surface area contributed by atoms with Crippen LogP contribution in [0.1, 0.15) is 47.6 Å². The Kier molecular flexibility index (Phi) is 5.56. The molecule has 0 radical (unpaired) electrons. The largest absolute Gasteiger partial charge is 0.493 e. The molecule has 158 valence electrons. The molecular weight excluding hydrogens is 378 g/mol. The highest BCUT2D eigenvalue weighted by Crippen LogP contribution is 2.31. The van der Waals surface area contributed by atoms with Crippen LogP contribution in [0.3, 0.4) is 0 Å². The number of rotatable bonds is 5. The fourth-order valence-electron chi connectivity index (χ4n) is 4.61. The summed E-state index contributed by atoms with van der Waals surface area (Å²) in [6.07, 6.45) is 0.973. The zero-order chi connectivity index (χ0) is 21.4. The van der Waals surface area contributed by atoms with Crippen molar-refractivity contribution in [3.63, 3.8) is 0 Å². The summed E-state index contributed by atoms with van der Waals surface area (Å²) in [6, 6.07) is 10.1. The number of hydrogen-bond acceptors (Lipinski definition) is 4. The van der Waals surface area contributed by atoms with Crippen molar-refractivity contribution in [2.24, 2.45) is 0 Å². The fourth-order valence-corrected chi connectivity index (χ4v) is 4.61. The molecule has 0 bridgehead atoms. The second-order valence-electron chi connectivity index (χ2n) is 8.53. The molecule has 1 atom stereocenters. The summed E-state index contributed by atoms with van der Waals surface area (Å²) in [5.41, 5.74) is 6.51. The van der Waals surface area contributed by atoms with Crippen molar-refractivity contribution < 1.29 is 18.8 Å². The van der Waals surface area contributed by atoms with Crippen molar-refractivity contribution in [3.8, 4) is 11.5 Å². The molecule has 1 aliphatic heterocycles. The smallest absolute Gasteiger partial charge is 0.336 e. The average molecular weight is 409 g/mol. The maximum absolute atomic E-state index is 12.2. The third kappa shape index (κ3) is 3.82. The van der Waals surface area contributed by atoms with Crippen molar-refractivity contribution >= 4 is 11.0 Å². The lowest BCUT2D eigenvalue weighted by molar-refractivity contribution is -0.929. The Hall–Kier alpha value is -2.79. The number of methoxy groups -OCH3 is 2. The van der Waals surface area contributed by atoms with Gasteiger partial charge in [0, 0.05) is 29.0 Å². The van der Waals surface area contributed by atoms with Crippen molar-refractivity contribution in [1.82, 2.24) is 0 Å². The highest BCUT2D eigenvalue weighted by atomic mass is 16.5. The highest BCUT2D eigenvalue weighted by molar-refractivity contribution is 5.82. The van der Waals surface area contributed by atoms with E-state index in [4.69, 9.17) is 13.9 Å². The monoisotopic (exact) mass is 408 g/mol. The number of benzene rings is 2. The SMILES string of the molecule is COc1cc2c(cc1OC)C[NH+](Cc1cc(=O)oc3cc(C)c(C(C)C)cc13)CC2. The molecule has 2 heterocycles. The van der Waals surface area contributed by atoms with E-state index in [0.29, 0.717) is 11.5 Å². The lowest BCUT2D eigenvalue weighted by atomic mass is 9.94. The molecule has 1 aromatic heterocycles. The van der Waals surface area contributed by atoms with Gasteiger partial charge in [0.2, 0.25) is 0 Å². The fraction of sp³-hybridized carbons (Fsp3) is 0.400. The van der Waals surface area contributed by atoms with Gasteiger partial charge in [-0.1, -0.05) is 13.8 Å². The average Bonchev–Trinajstić information content (AvgIpc) is 2.71. The summed E-state index contributed by atoms with van der Waals surface area (Å²) < 4.78 is 16.5. The van der Waals surface area contributed by atoms with E-state index in [2.05, 4.69) is 39.0 Å². The van der Waals surface area contributed by atoms with E-state index in [9.17, 15) is 4.79 Å². The standard InChI is InChI=1S/C25H29NO4/c1-15(2)20-12-21-19(11-25(27)30-22(21)8-16(20)3)14-26-7-6-17-9-23(28-4)24(29-5)10-18(17)13-26/h8-12,15H,6-7,13-14H2,1-5H3/p+1. The first-order chi connectivity index (χ1) is 14.4. The Bertz CT molecular complexity index is 1150. The van der Waals surface area contributed by atoms with Crippen LogP contribution in [0, 0.1) is 6.92 Å². The van der Waals surface area contributed by atoms with E-state index in [1.54, 1.807) is 20.3 Å². The second-order valence-corrected chi connectivity index (χ2v) is 8.53. The molecule has 30 heavy (non-hydrogen) atoms. The Balaban J connectivity index is 1.68. The third-order valence-electron chi connectivity index (χ3n) is 6.17. The normalized spacial score (nSPS) is 16.0. The summed E-state index contributed by atoms with van der Waals surface area (Å²) >= 11 is 0. The van der Waals surface area contributed by atoms with E-state index in [0.717, 1.165) is 54.1 Å². The zero-order valence-corrected chi connectivity index (χ0v) is 18.4. The van der Waals surface area contributed by atoms with Crippen LogP contribution in [0.4, 0.5) is 0 Å². The Morgan fingerprint density at radius 3 is 2.40 bits per heavy atom. The van der Waals surface area contributed by atoms with Crippen LogP contribution in [-0.2, 0) is 19.5 Å². The number of hydrogen-bond donors (Lipinski definition) is 1. The first-order valence-corrected chi connectivity index (χ1v) is 10.5. The van der Waals surface area contributed by atoms with Crippen LogP contribution in [0.5, 0.6) is 11.5 Å². The third-order valence-corrected chi connectivity index (χ3v) is 6.17. The van der Waals surface area contributed by atoms with Gasteiger partial charge in [0.05, 0.1) is 20.8 Å². The van der Waals surface area contributed by atoms with Crippen LogP contribution in [-0.4, -0.2) is 20.8 Å². The van der Waals surface area contributed by atoms with E-state index in [1.807, 2.05) is 6.07 Å². The van der Waals surface area contributed by atoms with Gasteiger partial charge in [0.1, 0.15) is 18.7 Å². The van der Waals surface area contributed by atoms with Gasteiger partial charge in [-0.15, -0.1) is 0 Å². The van der Waals surface area contributed by atoms with Crippen LogP contribution in [0.25, 0.3) is 11.0 Å². The Morgan fingerprint density at radius 2 is 1.73 bits per heavy atom. The molecule has 5 nitrogen and oxygen atoms in total. The van der Waals surface area contributed by atoms with E-state index < -0.39 is 0 Å². The summed E-state index contributed by atoms with van der Waals surface area (Å²) in [7, 11) is 3.34. The summed E-state index contributed by atoms with van der Waals surface area (Å²) in [6.45, 7) is 9.16. The highest BCUT2D eigenvalue weighted by Gasteiger charge is 2.23. The Labute approximate surface area is 177 Å². The first-order valence-electron chi connectivity index (χ1n) is 10.5. The van der Waals surface area contributed by atoms with Gasteiger partial charge in [-0.05, 0) is 53.8 Å². The molecule has 1 unspecified atom stereocenters. The molecule has 0 amide bonds. The molecule has 0 spiro atoms. The van der Waals surface area contributed by atoms with Crippen LogP contribution in [0.2, 0.25) is 0 Å². The summed E-state index contributed by atoms with van der Waals surface area (Å²) in [5.74, 6) is 1.97. The number of ether oxygens (including phenoxy) is 2. The van der Waals surface area contributed by atoms with E-state index >= 15 is 0 Å².